The van der Waals surface area contributed by atoms with Crippen LogP contribution >= 0.6 is 11.6 Å². The fourth-order valence-corrected chi connectivity index (χ4v) is 2.81. The molecule has 0 aliphatic heterocycles. The highest BCUT2D eigenvalue weighted by Crippen LogP contribution is 2.23. The average Bonchev–Trinajstić information content (AvgIpc) is 2.57. The van der Waals surface area contributed by atoms with Crippen LogP contribution in [0.1, 0.15) is 29.7 Å². The molecule has 0 amide bonds. The lowest BCUT2D eigenvalue weighted by Gasteiger charge is -2.18. The molecule has 2 unspecified atom stereocenters. The smallest absolute Gasteiger partial charge is 0.147 e. The predicted molar refractivity (Wildman–Crippen MR) is 96.7 cm³/mol. The molecule has 0 saturated heterocycles. The molecule has 0 aromatic heterocycles. The van der Waals surface area contributed by atoms with Crippen molar-refractivity contribution in [2.45, 2.75) is 32.0 Å². The fourth-order valence-electron chi connectivity index (χ4n) is 2.62. The van der Waals surface area contributed by atoms with Crippen LogP contribution in [0, 0.1) is 5.82 Å². The van der Waals surface area contributed by atoms with E-state index < -0.39 is 11.9 Å². The molecule has 0 aliphatic rings. The zero-order valence-corrected chi connectivity index (χ0v) is 14.8. The minimum absolute atomic E-state index is 0.0289. The van der Waals surface area contributed by atoms with Gasteiger partial charge in [-0.05, 0) is 37.6 Å². The number of hydrogen-bond acceptors (Lipinski definition) is 3. The lowest BCUT2D eigenvalue weighted by molar-refractivity contribution is 0.166. The second-order valence-electron chi connectivity index (χ2n) is 6.02. The lowest BCUT2D eigenvalue weighted by atomic mass is 10.0. The van der Waals surface area contributed by atoms with E-state index in [1.807, 2.05) is 14.0 Å². The molecule has 3 N–H and O–H groups in total. The van der Waals surface area contributed by atoms with E-state index in [0.29, 0.717) is 0 Å². The van der Waals surface area contributed by atoms with Crippen LogP contribution < -0.4 is 10.6 Å². The standard InChI is InChI=1S/C19H24ClFN2O/c1-13(10-14-6-8-15(9-7-14)11-22-2)23-12-18(24)16-4-3-5-17(20)19(16)21/h3-9,13,18,22-24H,10-12H2,1-2H3. The Balaban J connectivity index is 1.86. The zero-order chi connectivity index (χ0) is 17.5. The quantitative estimate of drug-likeness (QED) is 0.683. The molecule has 0 aliphatic carbocycles. The Morgan fingerprint density at radius 1 is 1.12 bits per heavy atom. The van der Waals surface area contributed by atoms with Gasteiger partial charge in [0.1, 0.15) is 5.82 Å². The van der Waals surface area contributed by atoms with Crippen LogP contribution in [0.5, 0.6) is 0 Å². The Labute approximate surface area is 147 Å². The van der Waals surface area contributed by atoms with Crippen LogP contribution in [0.3, 0.4) is 0 Å². The van der Waals surface area contributed by atoms with Gasteiger partial charge in [0.05, 0.1) is 11.1 Å². The molecule has 0 radical (unpaired) electrons. The molecular weight excluding hydrogens is 327 g/mol. The van der Waals surface area contributed by atoms with E-state index in [1.165, 1.54) is 17.2 Å². The molecule has 0 heterocycles. The summed E-state index contributed by atoms with van der Waals surface area (Å²) in [6.07, 6.45) is -0.0888. The maximum Gasteiger partial charge on any atom is 0.147 e. The second-order valence-corrected chi connectivity index (χ2v) is 6.43. The van der Waals surface area contributed by atoms with E-state index in [9.17, 15) is 9.50 Å². The van der Waals surface area contributed by atoms with Crippen LogP contribution in [-0.4, -0.2) is 24.7 Å². The third-order valence-electron chi connectivity index (χ3n) is 3.95. The Bertz CT molecular complexity index is 648. The minimum atomic E-state index is -0.927. The molecule has 0 spiro atoms. The first-order valence-electron chi connectivity index (χ1n) is 8.09. The Morgan fingerprint density at radius 3 is 2.46 bits per heavy atom. The highest BCUT2D eigenvalue weighted by atomic mass is 35.5. The number of halogens is 2. The van der Waals surface area contributed by atoms with Crippen molar-refractivity contribution in [3.8, 4) is 0 Å². The zero-order valence-electron chi connectivity index (χ0n) is 14.0. The van der Waals surface area contributed by atoms with Gasteiger partial charge in [0.2, 0.25) is 0 Å². The van der Waals surface area contributed by atoms with Crippen molar-refractivity contribution in [3.05, 3.63) is 70.0 Å². The maximum absolute atomic E-state index is 13.9. The summed E-state index contributed by atoms with van der Waals surface area (Å²) in [6, 6.07) is 13.3. The molecule has 2 aromatic carbocycles. The van der Waals surface area contributed by atoms with Gasteiger partial charge in [0.25, 0.3) is 0 Å². The first-order chi connectivity index (χ1) is 11.5. The largest absolute Gasteiger partial charge is 0.387 e. The highest BCUT2D eigenvalue weighted by molar-refractivity contribution is 6.30. The molecule has 130 valence electrons. The van der Waals surface area contributed by atoms with Crippen LogP contribution in [0.25, 0.3) is 0 Å². The van der Waals surface area contributed by atoms with E-state index in [2.05, 4.69) is 34.9 Å². The van der Waals surface area contributed by atoms with Crippen molar-refractivity contribution in [1.82, 2.24) is 10.6 Å². The van der Waals surface area contributed by atoms with Crippen LogP contribution in [-0.2, 0) is 13.0 Å². The van der Waals surface area contributed by atoms with Gasteiger partial charge in [-0.15, -0.1) is 0 Å². The van der Waals surface area contributed by atoms with E-state index in [4.69, 9.17) is 11.6 Å². The van der Waals surface area contributed by atoms with Gasteiger partial charge in [0.15, 0.2) is 0 Å². The fraction of sp³-hybridized carbons (Fsp3) is 0.368. The predicted octanol–water partition coefficient (Wildman–Crippen LogP) is 3.45. The molecule has 2 rings (SSSR count). The van der Waals surface area contributed by atoms with Crippen LogP contribution in [0.2, 0.25) is 5.02 Å². The van der Waals surface area contributed by atoms with Crippen molar-refractivity contribution >= 4 is 11.6 Å². The van der Waals surface area contributed by atoms with Gasteiger partial charge in [0, 0.05) is 24.7 Å². The van der Waals surface area contributed by atoms with Crippen molar-refractivity contribution < 1.29 is 9.50 Å². The normalized spacial score (nSPS) is 13.7. The van der Waals surface area contributed by atoms with Crippen molar-refractivity contribution in [2.75, 3.05) is 13.6 Å². The number of nitrogens with one attached hydrogen (secondary N) is 2. The first kappa shape index (κ1) is 18.9. The van der Waals surface area contributed by atoms with E-state index in [0.717, 1.165) is 13.0 Å². The molecule has 0 fully saturated rings. The number of aliphatic hydroxyl groups excluding tert-OH is 1. The van der Waals surface area contributed by atoms with Crippen molar-refractivity contribution in [1.29, 1.82) is 0 Å². The summed E-state index contributed by atoms with van der Waals surface area (Å²) >= 11 is 5.75. The SMILES string of the molecule is CNCc1ccc(CC(C)NCC(O)c2cccc(Cl)c2F)cc1. The first-order valence-corrected chi connectivity index (χ1v) is 8.46. The van der Waals surface area contributed by atoms with Gasteiger partial charge < -0.3 is 15.7 Å². The molecule has 5 heteroatoms. The topological polar surface area (TPSA) is 44.3 Å². The lowest BCUT2D eigenvalue weighted by Crippen LogP contribution is -2.32. The number of rotatable bonds is 8. The molecule has 2 atom stereocenters. The summed E-state index contributed by atoms with van der Waals surface area (Å²) in [6.45, 7) is 3.17. The third kappa shape index (κ3) is 5.28. The van der Waals surface area contributed by atoms with Gasteiger partial charge in [-0.25, -0.2) is 4.39 Å². The number of aliphatic hydroxyl groups is 1. The number of hydrogen-bond donors (Lipinski definition) is 3. The number of benzene rings is 2. The average molecular weight is 351 g/mol. The Hall–Kier alpha value is -1.46. The summed E-state index contributed by atoms with van der Waals surface area (Å²) in [4.78, 5) is 0. The maximum atomic E-state index is 13.9. The molecule has 3 nitrogen and oxygen atoms in total. The molecule has 0 bridgehead atoms. The summed E-state index contributed by atoms with van der Waals surface area (Å²) in [7, 11) is 1.92. The van der Waals surface area contributed by atoms with Crippen LogP contribution in [0.4, 0.5) is 4.39 Å². The van der Waals surface area contributed by atoms with E-state index in [1.54, 1.807) is 12.1 Å². The second kappa shape index (κ2) is 9.14. The molecular formula is C19H24ClFN2O. The summed E-state index contributed by atoms with van der Waals surface area (Å²) in [5, 5.41) is 16.6. The summed E-state index contributed by atoms with van der Waals surface area (Å²) in [5.41, 5.74) is 2.69. The van der Waals surface area contributed by atoms with Crippen LogP contribution in [0.15, 0.2) is 42.5 Å². The van der Waals surface area contributed by atoms with E-state index >= 15 is 0 Å². The summed E-state index contributed by atoms with van der Waals surface area (Å²) < 4.78 is 13.9. The van der Waals surface area contributed by atoms with Gasteiger partial charge in [-0.3, -0.25) is 0 Å². The Morgan fingerprint density at radius 2 is 1.79 bits per heavy atom. The summed E-state index contributed by atoms with van der Waals surface area (Å²) in [5.74, 6) is -0.554. The van der Waals surface area contributed by atoms with Gasteiger partial charge in [-0.1, -0.05) is 48.0 Å². The van der Waals surface area contributed by atoms with E-state index in [-0.39, 0.29) is 23.2 Å². The van der Waals surface area contributed by atoms with Gasteiger partial charge >= 0.3 is 0 Å². The molecule has 0 saturated carbocycles. The third-order valence-corrected chi connectivity index (χ3v) is 4.24. The molecule has 24 heavy (non-hydrogen) atoms. The van der Waals surface area contributed by atoms with Crippen molar-refractivity contribution in [3.63, 3.8) is 0 Å². The van der Waals surface area contributed by atoms with Gasteiger partial charge in [-0.2, -0.15) is 0 Å². The minimum Gasteiger partial charge on any atom is -0.387 e. The molecule has 2 aromatic rings. The highest BCUT2D eigenvalue weighted by Gasteiger charge is 2.15. The van der Waals surface area contributed by atoms with Crippen molar-refractivity contribution in [2.24, 2.45) is 0 Å². The monoisotopic (exact) mass is 350 g/mol. The Kier molecular flexibility index (Phi) is 7.18.